The number of hydrogen-bond acceptors (Lipinski definition) is 7. The molecule has 9 heteroatoms. The van der Waals surface area contributed by atoms with Gasteiger partial charge in [0.2, 0.25) is 0 Å². The van der Waals surface area contributed by atoms with Crippen LogP contribution in [0, 0.1) is 10.1 Å². The van der Waals surface area contributed by atoms with Crippen LogP contribution >= 0.6 is 0 Å². The molecular formula is C17H10N2O7. The normalized spacial score (nSPS) is 19.7. The maximum atomic E-state index is 12.9. The molecule has 0 bridgehead atoms. The lowest BCUT2D eigenvalue weighted by Gasteiger charge is -2.33. The van der Waals surface area contributed by atoms with Crippen molar-refractivity contribution in [3.05, 3.63) is 51.6 Å². The van der Waals surface area contributed by atoms with E-state index in [1.54, 1.807) is 12.1 Å². The van der Waals surface area contributed by atoms with Gasteiger partial charge in [0, 0.05) is 29.5 Å². The zero-order chi connectivity index (χ0) is 18.6. The van der Waals surface area contributed by atoms with E-state index in [0.29, 0.717) is 10.8 Å². The Hall–Kier alpha value is -3.62. The third-order valence-corrected chi connectivity index (χ3v) is 4.49. The molecular weight excluding hydrogens is 344 g/mol. The summed E-state index contributed by atoms with van der Waals surface area (Å²) in [5.41, 5.74) is -0.167. The van der Waals surface area contributed by atoms with Crippen LogP contribution in [0.1, 0.15) is 33.6 Å². The first kappa shape index (κ1) is 15.9. The summed E-state index contributed by atoms with van der Waals surface area (Å²) in [5, 5.41) is 11.9. The second-order valence-corrected chi connectivity index (χ2v) is 5.98. The predicted octanol–water partition coefficient (Wildman–Crippen LogP) is 1.58. The van der Waals surface area contributed by atoms with Gasteiger partial charge in [0.25, 0.3) is 17.5 Å². The first-order valence-corrected chi connectivity index (χ1v) is 7.72. The molecule has 1 atom stereocenters. The lowest BCUT2D eigenvalue weighted by molar-refractivity contribution is -0.384. The van der Waals surface area contributed by atoms with Gasteiger partial charge in [-0.3, -0.25) is 29.4 Å². The highest BCUT2D eigenvalue weighted by Crippen LogP contribution is 2.35. The largest absolute Gasteiger partial charge is 0.392 e. The molecule has 1 fully saturated rings. The van der Waals surface area contributed by atoms with Crippen molar-refractivity contribution in [3.63, 3.8) is 0 Å². The second kappa shape index (κ2) is 5.45. The smallest absolute Gasteiger partial charge is 0.337 e. The molecule has 2 aliphatic heterocycles. The fraction of sp³-hybridized carbons (Fsp3) is 0.176. The molecule has 1 unspecified atom stereocenters. The molecule has 4 rings (SSSR count). The van der Waals surface area contributed by atoms with Gasteiger partial charge in [-0.05, 0) is 17.9 Å². The molecule has 2 amide bonds. The standard InChI is InChI=1S/C17H10N2O7/c20-13-5-4-12(17(23)26-13)18-15(21)10-3-1-2-8-6-9(19(24)25)7-11(14(8)10)16(18)22/h1-3,6-7,12H,4-5H2. The van der Waals surface area contributed by atoms with Crippen molar-refractivity contribution >= 4 is 40.2 Å². The molecule has 0 aliphatic carbocycles. The molecule has 1 saturated heterocycles. The summed E-state index contributed by atoms with van der Waals surface area (Å²) >= 11 is 0. The number of nitro benzene ring substituents is 1. The van der Waals surface area contributed by atoms with Crippen LogP contribution in [0.3, 0.4) is 0 Å². The van der Waals surface area contributed by atoms with Crippen LogP contribution in [0.2, 0.25) is 0 Å². The van der Waals surface area contributed by atoms with Gasteiger partial charge in [-0.1, -0.05) is 12.1 Å². The van der Waals surface area contributed by atoms with Gasteiger partial charge in [0.1, 0.15) is 6.04 Å². The van der Waals surface area contributed by atoms with Crippen LogP contribution in [0.5, 0.6) is 0 Å². The van der Waals surface area contributed by atoms with Gasteiger partial charge in [-0.25, -0.2) is 4.79 Å². The molecule has 0 radical (unpaired) electrons. The first-order valence-electron chi connectivity index (χ1n) is 7.72. The van der Waals surface area contributed by atoms with Crippen LogP contribution < -0.4 is 0 Å². The highest BCUT2D eigenvalue weighted by atomic mass is 16.6. The molecule has 0 saturated carbocycles. The summed E-state index contributed by atoms with van der Waals surface area (Å²) in [6, 6.07) is 5.73. The highest BCUT2D eigenvalue weighted by molar-refractivity contribution is 6.26. The molecule has 2 aromatic rings. The number of cyclic esters (lactones) is 2. The summed E-state index contributed by atoms with van der Waals surface area (Å²) in [6.07, 6.45) is -0.158. The van der Waals surface area contributed by atoms with Gasteiger partial charge < -0.3 is 4.74 Å². The summed E-state index contributed by atoms with van der Waals surface area (Å²) < 4.78 is 4.54. The lowest BCUT2D eigenvalue weighted by Crippen LogP contribution is -2.53. The molecule has 2 aromatic carbocycles. The van der Waals surface area contributed by atoms with Crippen molar-refractivity contribution in [1.29, 1.82) is 0 Å². The Bertz CT molecular complexity index is 1040. The van der Waals surface area contributed by atoms with Crippen molar-refractivity contribution in [3.8, 4) is 0 Å². The van der Waals surface area contributed by atoms with E-state index >= 15 is 0 Å². The molecule has 0 aromatic heterocycles. The van der Waals surface area contributed by atoms with Crippen molar-refractivity contribution < 1.29 is 28.8 Å². The lowest BCUT2D eigenvalue weighted by atomic mass is 9.91. The molecule has 2 heterocycles. The fourth-order valence-corrected chi connectivity index (χ4v) is 3.34. The average Bonchev–Trinajstić information content (AvgIpc) is 2.60. The number of hydrogen-bond donors (Lipinski definition) is 0. The van der Waals surface area contributed by atoms with Crippen LogP contribution in [-0.2, 0) is 14.3 Å². The third kappa shape index (κ3) is 2.17. The quantitative estimate of drug-likeness (QED) is 0.264. The minimum absolute atomic E-state index is 0.0332. The topological polar surface area (TPSA) is 124 Å². The number of nitrogens with zero attached hydrogens (tertiary/aromatic N) is 2. The second-order valence-electron chi connectivity index (χ2n) is 5.98. The van der Waals surface area contributed by atoms with Gasteiger partial charge in [-0.15, -0.1) is 0 Å². The van der Waals surface area contributed by atoms with E-state index < -0.39 is 34.7 Å². The van der Waals surface area contributed by atoms with Crippen LogP contribution in [0.15, 0.2) is 30.3 Å². The van der Waals surface area contributed by atoms with E-state index in [2.05, 4.69) is 4.74 Å². The van der Waals surface area contributed by atoms with Crippen molar-refractivity contribution in [2.45, 2.75) is 18.9 Å². The monoisotopic (exact) mass is 354 g/mol. The highest BCUT2D eigenvalue weighted by Gasteiger charge is 2.44. The Morgan fingerprint density at radius 2 is 1.81 bits per heavy atom. The Labute approximate surface area is 145 Å². The molecule has 9 nitrogen and oxygen atoms in total. The van der Waals surface area contributed by atoms with Crippen molar-refractivity contribution in [2.75, 3.05) is 0 Å². The summed E-state index contributed by atoms with van der Waals surface area (Å²) in [7, 11) is 0. The van der Waals surface area contributed by atoms with E-state index in [0.717, 1.165) is 11.0 Å². The third-order valence-electron chi connectivity index (χ3n) is 4.49. The fourth-order valence-electron chi connectivity index (χ4n) is 3.34. The minimum atomic E-state index is -1.24. The Morgan fingerprint density at radius 3 is 2.50 bits per heavy atom. The van der Waals surface area contributed by atoms with Crippen LogP contribution in [0.25, 0.3) is 10.8 Å². The van der Waals surface area contributed by atoms with Gasteiger partial charge in [0.15, 0.2) is 0 Å². The summed E-state index contributed by atoms with van der Waals surface area (Å²) in [5.74, 6) is -3.22. The number of ether oxygens (including phenoxy) is 1. The van der Waals surface area contributed by atoms with E-state index in [-0.39, 0.29) is 29.7 Å². The number of amides is 2. The number of carbonyl (C=O) groups excluding carboxylic acids is 4. The van der Waals surface area contributed by atoms with E-state index in [9.17, 15) is 29.3 Å². The number of nitro groups is 1. The number of non-ortho nitro benzene ring substituents is 1. The molecule has 2 aliphatic rings. The van der Waals surface area contributed by atoms with Crippen LogP contribution in [0.4, 0.5) is 5.69 Å². The van der Waals surface area contributed by atoms with E-state index in [1.165, 1.54) is 12.1 Å². The molecule has 0 spiro atoms. The van der Waals surface area contributed by atoms with E-state index in [1.807, 2.05) is 0 Å². The Balaban J connectivity index is 1.91. The van der Waals surface area contributed by atoms with Gasteiger partial charge >= 0.3 is 11.9 Å². The predicted molar refractivity (Wildman–Crippen MR) is 85.2 cm³/mol. The van der Waals surface area contributed by atoms with Gasteiger partial charge in [0.05, 0.1) is 10.5 Å². The minimum Gasteiger partial charge on any atom is -0.392 e. The SMILES string of the molecule is O=C1CCC(N2C(=O)c3cccc4cc([N+](=O)[O-])cc(c34)C2=O)C(=O)O1. The summed E-state index contributed by atoms with van der Waals surface area (Å²) in [6.45, 7) is 0. The number of rotatable bonds is 2. The van der Waals surface area contributed by atoms with Crippen molar-refractivity contribution in [1.82, 2.24) is 4.90 Å². The Kier molecular flexibility index (Phi) is 3.33. The maximum Gasteiger partial charge on any atom is 0.337 e. The molecule has 26 heavy (non-hydrogen) atoms. The zero-order valence-corrected chi connectivity index (χ0v) is 13.1. The molecule has 130 valence electrons. The Morgan fingerprint density at radius 1 is 1.08 bits per heavy atom. The number of esters is 2. The zero-order valence-electron chi connectivity index (χ0n) is 13.1. The summed E-state index contributed by atoms with van der Waals surface area (Å²) in [4.78, 5) is 60.3. The van der Waals surface area contributed by atoms with Crippen molar-refractivity contribution in [2.24, 2.45) is 0 Å². The number of carbonyl (C=O) groups is 4. The number of imide groups is 1. The average molecular weight is 354 g/mol. The van der Waals surface area contributed by atoms with Crippen LogP contribution in [-0.4, -0.2) is 39.6 Å². The van der Waals surface area contributed by atoms with Gasteiger partial charge in [-0.2, -0.15) is 0 Å². The molecule has 0 N–H and O–H groups in total. The first-order chi connectivity index (χ1) is 12.4. The van der Waals surface area contributed by atoms with E-state index in [4.69, 9.17) is 0 Å². The number of benzene rings is 2. The maximum absolute atomic E-state index is 12.9.